The number of aromatic amines is 1. The maximum Gasteiger partial charge on any atom is 0.0661 e. The molecule has 0 bridgehead atoms. The Morgan fingerprint density at radius 1 is 0.970 bits per heavy atom. The maximum absolute atomic E-state index is 10.3. The third kappa shape index (κ3) is 5.84. The van der Waals surface area contributed by atoms with Gasteiger partial charge < -0.3 is 10.2 Å². The fraction of sp³-hybridized carbons (Fsp3) is 0.296. The molecule has 1 aliphatic carbocycles. The Morgan fingerprint density at radius 3 is 2.58 bits per heavy atom. The summed E-state index contributed by atoms with van der Waals surface area (Å²) < 4.78 is 3.67. The number of fused-ring (bicyclic) bond motifs is 1. The van der Waals surface area contributed by atoms with Crippen molar-refractivity contribution >= 4 is 22.9 Å². The number of benzene rings is 2. The van der Waals surface area contributed by atoms with E-state index in [-0.39, 0.29) is 0 Å². The first kappa shape index (κ1) is 22.2. The number of hydroxylamine groups is 2. The quantitative estimate of drug-likeness (QED) is 0.214. The van der Waals surface area contributed by atoms with Crippen molar-refractivity contribution in [1.29, 1.82) is 0 Å². The summed E-state index contributed by atoms with van der Waals surface area (Å²) in [4.78, 5) is 9.08. The number of H-pyrrole nitrogens is 1. The zero-order chi connectivity index (χ0) is 22.5. The van der Waals surface area contributed by atoms with Gasteiger partial charge in [0, 0.05) is 40.3 Å². The van der Waals surface area contributed by atoms with Gasteiger partial charge in [-0.05, 0) is 79.4 Å². The van der Waals surface area contributed by atoms with E-state index in [1.54, 1.807) is 18.1 Å². The van der Waals surface area contributed by atoms with Crippen molar-refractivity contribution in [3.63, 3.8) is 0 Å². The Kier molecular flexibility index (Phi) is 7.07. The second kappa shape index (κ2) is 10.5. The minimum atomic E-state index is 0.488. The van der Waals surface area contributed by atoms with Crippen LogP contribution in [0.25, 0.3) is 22.2 Å². The Morgan fingerprint density at radius 2 is 1.79 bits per heavy atom. The lowest BCUT2D eigenvalue weighted by atomic mass is 9.86. The molecule has 0 saturated heterocycles. The van der Waals surface area contributed by atoms with Gasteiger partial charge in [0.15, 0.2) is 0 Å². The van der Waals surface area contributed by atoms with Gasteiger partial charge in [0.05, 0.1) is 12.2 Å². The van der Waals surface area contributed by atoms with Gasteiger partial charge >= 0.3 is 0 Å². The SMILES string of the molecule is ON(Cc1ccccn1)CC1CCC(NSc2ccc3cc(-c4ccccc4)[nH]c3c2)CC1. The number of pyridine rings is 1. The van der Waals surface area contributed by atoms with Crippen LogP contribution < -0.4 is 4.72 Å². The average molecular weight is 459 g/mol. The molecule has 0 aliphatic heterocycles. The van der Waals surface area contributed by atoms with Crippen LogP contribution in [-0.2, 0) is 6.54 Å². The number of nitrogens with zero attached hydrogens (tertiary/aromatic N) is 2. The molecule has 170 valence electrons. The maximum atomic E-state index is 10.3. The lowest BCUT2D eigenvalue weighted by molar-refractivity contribution is -0.113. The van der Waals surface area contributed by atoms with Gasteiger partial charge in [-0.1, -0.05) is 42.5 Å². The van der Waals surface area contributed by atoms with Crippen LogP contribution in [0.1, 0.15) is 31.4 Å². The van der Waals surface area contributed by atoms with Gasteiger partial charge in [-0.3, -0.25) is 9.71 Å². The zero-order valence-electron chi connectivity index (χ0n) is 18.7. The summed E-state index contributed by atoms with van der Waals surface area (Å²) in [6, 6.07) is 25.6. The van der Waals surface area contributed by atoms with E-state index in [1.807, 2.05) is 24.3 Å². The highest BCUT2D eigenvalue weighted by atomic mass is 32.2. The van der Waals surface area contributed by atoms with E-state index in [2.05, 4.69) is 63.2 Å². The molecule has 1 aliphatic rings. The Bertz CT molecular complexity index is 1160. The summed E-state index contributed by atoms with van der Waals surface area (Å²) in [6.07, 6.45) is 6.31. The van der Waals surface area contributed by atoms with Crippen molar-refractivity contribution in [2.24, 2.45) is 5.92 Å². The van der Waals surface area contributed by atoms with E-state index in [1.165, 1.54) is 26.4 Å². The lowest BCUT2D eigenvalue weighted by Gasteiger charge is -2.30. The predicted octanol–water partition coefficient (Wildman–Crippen LogP) is 6.28. The van der Waals surface area contributed by atoms with Crippen molar-refractivity contribution in [2.45, 2.75) is 43.2 Å². The number of nitrogens with one attached hydrogen (secondary N) is 2. The van der Waals surface area contributed by atoms with Crippen molar-refractivity contribution in [2.75, 3.05) is 6.54 Å². The van der Waals surface area contributed by atoms with Crippen LogP contribution in [0.3, 0.4) is 0 Å². The highest BCUT2D eigenvalue weighted by Gasteiger charge is 2.23. The minimum absolute atomic E-state index is 0.488. The smallest absolute Gasteiger partial charge is 0.0661 e. The van der Waals surface area contributed by atoms with E-state index < -0.39 is 0 Å². The first-order valence-electron chi connectivity index (χ1n) is 11.7. The average Bonchev–Trinajstić information content (AvgIpc) is 3.28. The number of aromatic nitrogens is 2. The van der Waals surface area contributed by atoms with Gasteiger partial charge in [0.25, 0.3) is 0 Å². The van der Waals surface area contributed by atoms with E-state index in [0.717, 1.165) is 37.1 Å². The molecule has 6 heteroatoms. The molecule has 3 N–H and O–H groups in total. The summed E-state index contributed by atoms with van der Waals surface area (Å²) >= 11 is 1.73. The van der Waals surface area contributed by atoms with Crippen LogP contribution in [0, 0.1) is 5.92 Å². The Hall–Kier alpha value is -2.64. The van der Waals surface area contributed by atoms with Crippen LogP contribution in [0.15, 0.2) is 83.9 Å². The van der Waals surface area contributed by atoms with E-state index in [4.69, 9.17) is 0 Å². The van der Waals surface area contributed by atoms with E-state index >= 15 is 0 Å². The summed E-state index contributed by atoms with van der Waals surface area (Å²) in [5.74, 6) is 0.536. The van der Waals surface area contributed by atoms with Crippen LogP contribution >= 0.6 is 11.9 Å². The fourth-order valence-corrected chi connectivity index (χ4v) is 5.45. The first-order valence-corrected chi connectivity index (χ1v) is 12.5. The largest absolute Gasteiger partial charge is 0.354 e. The highest BCUT2D eigenvalue weighted by Crippen LogP contribution is 2.30. The summed E-state index contributed by atoms with van der Waals surface area (Å²) in [6.45, 7) is 1.20. The topological polar surface area (TPSA) is 64.2 Å². The normalized spacial score (nSPS) is 18.7. The van der Waals surface area contributed by atoms with Gasteiger partial charge in [-0.2, -0.15) is 5.06 Å². The first-order chi connectivity index (χ1) is 16.2. The number of hydrogen-bond donors (Lipinski definition) is 3. The molecule has 0 atom stereocenters. The van der Waals surface area contributed by atoms with Crippen LogP contribution in [0.2, 0.25) is 0 Å². The van der Waals surface area contributed by atoms with E-state index in [9.17, 15) is 5.21 Å². The van der Waals surface area contributed by atoms with Gasteiger partial charge in [-0.25, -0.2) is 0 Å². The summed E-state index contributed by atoms with van der Waals surface area (Å²) in [5.41, 5.74) is 4.43. The van der Waals surface area contributed by atoms with Crippen molar-refractivity contribution < 1.29 is 5.21 Å². The molecule has 2 heterocycles. The van der Waals surface area contributed by atoms with Crippen LogP contribution in [-0.4, -0.2) is 32.8 Å². The van der Waals surface area contributed by atoms with Gasteiger partial charge in [0.1, 0.15) is 0 Å². The Labute approximate surface area is 199 Å². The number of rotatable bonds is 8. The molecule has 2 aromatic carbocycles. The zero-order valence-corrected chi connectivity index (χ0v) is 19.5. The molecule has 33 heavy (non-hydrogen) atoms. The molecule has 0 radical (unpaired) electrons. The predicted molar refractivity (Wildman–Crippen MR) is 135 cm³/mol. The molecular formula is C27H30N4OS. The molecule has 0 unspecified atom stereocenters. The molecule has 5 nitrogen and oxygen atoms in total. The minimum Gasteiger partial charge on any atom is -0.354 e. The van der Waals surface area contributed by atoms with Crippen molar-refractivity contribution in [3.05, 3.63) is 84.7 Å². The molecule has 2 aromatic heterocycles. The van der Waals surface area contributed by atoms with E-state index in [0.29, 0.717) is 25.0 Å². The third-order valence-corrected chi connectivity index (χ3v) is 7.35. The number of hydrogen-bond acceptors (Lipinski definition) is 5. The standard InChI is InChI=1S/C27H30N4OS/c32-31(19-24-8-4-5-15-28-24)18-20-9-12-23(13-10-20)30-33-25-14-11-22-16-26(29-27(22)17-25)21-6-2-1-3-7-21/h1-8,11,14-17,20,23,29-30,32H,9-10,12-13,18-19H2. The summed E-state index contributed by atoms with van der Waals surface area (Å²) in [7, 11) is 0. The molecule has 0 spiro atoms. The van der Waals surface area contributed by atoms with Crippen molar-refractivity contribution in [3.8, 4) is 11.3 Å². The second-order valence-corrected chi connectivity index (χ2v) is 9.82. The second-order valence-electron chi connectivity index (χ2n) is 8.90. The van der Waals surface area contributed by atoms with Crippen molar-refractivity contribution in [1.82, 2.24) is 19.8 Å². The van der Waals surface area contributed by atoms with Gasteiger partial charge in [-0.15, -0.1) is 0 Å². The molecular weight excluding hydrogens is 428 g/mol. The Balaban J connectivity index is 1.10. The summed E-state index contributed by atoms with van der Waals surface area (Å²) in [5, 5.41) is 13.0. The fourth-order valence-electron chi connectivity index (χ4n) is 4.60. The van der Waals surface area contributed by atoms with Gasteiger partial charge in [0.2, 0.25) is 0 Å². The molecule has 4 aromatic rings. The third-order valence-electron chi connectivity index (χ3n) is 6.41. The monoisotopic (exact) mass is 458 g/mol. The van der Waals surface area contributed by atoms with Crippen LogP contribution in [0.4, 0.5) is 0 Å². The molecule has 5 rings (SSSR count). The molecule has 1 saturated carbocycles. The molecule has 0 amide bonds. The highest BCUT2D eigenvalue weighted by molar-refractivity contribution is 7.97. The van der Waals surface area contributed by atoms with Crippen LogP contribution in [0.5, 0.6) is 0 Å². The lowest BCUT2D eigenvalue weighted by Crippen LogP contribution is -2.33. The molecule has 1 fully saturated rings.